The molecule has 1 atom stereocenters. The second kappa shape index (κ2) is 5.14. The first kappa shape index (κ1) is 12.9. The van der Waals surface area contributed by atoms with Crippen LogP contribution >= 0.6 is 0 Å². The van der Waals surface area contributed by atoms with E-state index in [4.69, 9.17) is 10.2 Å². The lowest BCUT2D eigenvalue weighted by Crippen LogP contribution is -2.15. The van der Waals surface area contributed by atoms with E-state index in [1.165, 1.54) is 11.1 Å². The molecule has 3 aromatic rings. The minimum Gasteiger partial charge on any atom is -0.459 e. The minimum absolute atomic E-state index is 0.0532. The molecule has 1 heterocycles. The molecule has 0 aliphatic heterocycles. The minimum atomic E-state index is -0.0532. The Morgan fingerprint density at radius 3 is 2.35 bits per heavy atom. The molecule has 0 aliphatic carbocycles. The smallest absolute Gasteiger partial charge is 0.134 e. The molecule has 1 unspecified atom stereocenters. The maximum atomic E-state index is 6.16. The van der Waals surface area contributed by atoms with E-state index >= 15 is 0 Å². The average molecular weight is 265 g/mol. The molecule has 1 aromatic heterocycles. The number of hydrogen-bond donors (Lipinski definition) is 1. The first-order valence-corrected chi connectivity index (χ1v) is 6.99. The van der Waals surface area contributed by atoms with Crippen molar-refractivity contribution in [1.82, 2.24) is 0 Å². The molecule has 2 aromatic carbocycles. The van der Waals surface area contributed by atoms with Gasteiger partial charge in [0.15, 0.2) is 0 Å². The van der Waals surface area contributed by atoms with Crippen molar-refractivity contribution in [2.45, 2.75) is 19.9 Å². The Balaban J connectivity index is 2.04. The molecule has 102 valence electrons. The molecule has 20 heavy (non-hydrogen) atoms. The highest BCUT2D eigenvalue weighted by atomic mass is 16.3. The van der Waals surface area contributed by atoms with Crippen LogP contribution in [-0.4, -0.2) is 0 Å². The summed E-state index contributed by atoms with van der Waals surface area (Å²) in [6.07, 6.45) is 0. The quantitative estimate of drug-likeness (QED) is 0.741. The van der Waals surface area contributed by atoms with Gasteiger partial charge in [-0.2, -0.15) is 0 Å². The number of rotatable bonds is 3. The molecule has 0 saturated carbocycles. The first-order valence-electron chi connectivity index (χ1n) is 6.99. The Morgan fingerprint density at radius 1 is 0.900 bits per heavy atom. The first-order chi connectivity index (χ1) is 9.65. The van der Waals surface area contributed by atoms with Crippen LogP contribution in [0.2, 0.25) is 0 Å². The van der Waals surface area contributed by atoms with Gasteiger partial charge in [-0.25, -0.2) is 0 Å². The van der Waals surface area contributed by atoms with Gasteiger partial charge in [0.2, 0.25) is 0 Å². The molecule has 0 bridgehead atoms. The van der Waals surface area contributed by atoms with Crippen molar-refractivity contribution in [1.29, 1.82) is 0 Å². The van der Waals surface area contributed by atoms with Crippen molar-refractivity contribution in [3.05, 3.63) is 60.4 Å². The summed E-state index contributed by atoms with van der Waals surface area (Å²) in [5, 5.41) is 1.11. The average Bonchev–Trinajstić information content (AvgIpc) is 2.90. The highest BCUT2D eigenvalue weighted by Crippen LogP contribution is 2.30. The fourth-order valence-corrected chi connectivity index (χ4v) is 2.37. The molecule has 2 heteroatoms. The summed E-state index contributed by atoms with van der Waals surface area (Å²) in [5.74, 6) is 1.23. The molecule has 0 aliphatic rings. The lowest BCUT2D eigenvalue weighted by molar-refractivity contribution is 0.418. The van der Waals surface area contributed by atoms with Crippen molar-refractivity contribution in [2.24, 2.45) is 11.7 Å². The molecule has 0 saturated heterocycles. The summed E-state index contributed by atoms with van der Waals surface area (Å²) in [7, 11) is 0. The van der Waals surface area contributed by atoms with Crippen molar-refractivity contribution >= 4 is 11.0 Å². The number of furan rings is 1. The molecule has 0 spiro atoms. The Bertz CT molecular complexity index is 713. The van der Waals surface area contributed by atoms with Crippen LogP contribution < -0.4 is 5.73 Å². The van der Waals surface area contributed by atoms with Gasteiger partial charge in [-0.05, 0) is 35.2 Å². The largest absolute Gasteiger partial charge is 0.459 e. The van der Waals surface area contributed by atoms with Gasteiger partial charge in [-0.1, -0.05) is 50.2 Å². The maximum absolute atomic E-state index is 6.16. The summed E-state index contributed by atoms with van der Waals surface area (Å²) >= 11 is 0. The van der Waals surface area contributed by atoms with E-state index in [1.807, 2.05) is 12.1 Å². The summed E-state index contributed by atoms with van der Waals surface area (Å²) < 4.78 is 5.86. The Hall–Kier alpha value is -2.06. The van der Waals surface area contributed by atoms with E-state index < -0.39 is 0 Å². The lowest BCUT2D eigenvalue weighted by atomic mass is 10.0. The van der Waals surface area contributed by atoms with Crippen molar-refractivity contribution in [3.8, 4) is 11.1 Å². The van der Waals surface area contributed by atoms with E-state index in [2.05, 4.69) is 56.3 Å². The van der Waals surface area contributed by atoms with Gasteiger partial charge in [0.1, 0.15) is 11.3 Å². The van der Waals surface area contributed by atoms with Gasteiger partial charge in [-0.3, -0.25) is 0 Å². The van der Waals surface area contributed by atoms with E-state index in [9.17, 15) is 0 Å². The lowest BCUT2D eigenvalue weighted by Gasteiger charge is -2.11. The fraction of sp³-hybridized carbons (Fsp3) is 0.222. The van der Waals surface area contributed by atoms with Crippen molar-refractivity contribution in [2.75, 3.05) is 0 Å². The van der Waals surface area contributed by atoms with Crippen LogP contribution in [0.15, 0.2) is 59.0 Å². The molecular formula is C18H19NO. The van der Waals surface area contributed by atoms with E-state index in [1.54, 1.807) is 0 Å². The highest BCUT2D eigenvalue weighted by Gasteiger charge is 2.15. The van der Waals surface area contributed by atoms with Gasteiger partial charge >= 0.3 is 0 Å². The van der Waals surface area contributed by atoms with Crippen molar-refractivity contribution < 1.29 is 4.42 Å². The summed E-state index contributed by atoms with van der Waals surface area (Å²) in [6, 6.07) is 18.6. The van der Waals surface area contributed by atoms with Crippen LogP contribution in [0.25, 0.3) is 22.1 Å². The third kappa shape index (κ3) is 2.35. The maximum Gasteiger partial charge on any atom is 0.134 e. The second-order valence-corrected chi connectivity index (χ2v) is 5.54. The number of benzene rings is 2. The van der Waals surface area contributed by atoms with Crippen molar-refractivity contribution in [3.63, 3.8) is 0 Å². The number of fused-ring (bicyclic) bond motifs is 1. The summed E-state index contributed by atoms with van der Waals surface area (Å²) in [4.78, 5) is 0. The van der Waals surface area contributed by atoms with E-state index in [-0.39, 0.29) is 6.04 Å². The zero-order valence-corrected chi connectivity index (χ0v) is 11.8. The molecule has 0 amide bonds. The zero-order valence-electron chi connectivity index (χ0n) is 11.8. The normalized spacial score (nSPS) is 13.0. The molecule has 0 fully saturated rings. The van der Waals surface area contributed by atoms with Gasteiger partial charge in [0.25, 0.3) is 0 Å². The number of nitrogens with two attached hydrogens (primary N) is 1. The zero-order chi connectivity index (χ0) is 14.1. The molecule has 0 radical (unpaired) electrons. The van der Waals surface area contributed by atoms with Gasteiger partial charge < -0.3 is 10.2 Å². The Labute approximate surface area is 119 Å². The molecule has 3 rings (SSSR count). The molecule has 2 N–H and O–H groups in total. The highest BCUT2D eigenvalue weighted by molar-refractivity contribution is 5.84. The molecular weight excluding hydrogens is 246 g/mol. The predicted molar refractivity (Wildman–Crippen MR) is 83.4 cm³/mol. The van der Waals surface area contributed by atoms with E-state index in [0.717, 1.165) is 16.7 Å². The third-order valence-electron chi connectivity index (χ3n) is 3.69. The standard InChI is InChI=1S/C18H19NO/c1-12(2)18(19)17-11-15-10-14(8-9-16(15)20-17)13-6-4-3-5-7-13/h3-12,18H,19H2,1-2H3. The van der Waals surface area contributed by atoms with Crippen LogP contribution in [0.4, 0.5) is 0 Å². The molecule has 2 nitrogen and oxygen atoms in total. The van der Waals surface area contributed by atoms with Gasteiger partial charge in [0, 0.05) is 5.39 Å². The Kier molecular flexibility index (Phi) is 3.33. The summed E-state index contributed by atoms with van der Waals surface area (Å²) in [5.41, 5.74) is 9.47. The third-order valence-corrected chi connectivity index (χ3v) is 3.69. The van der Waals surface area contributed by atoms with E-state index in [0.29, 0.717) is 5.92 Å². The fourth-order valence-electron chi connectivity index (χ4n) is 2.37. The number of hydrogen-bond acceptors (Lipinski definition) is 2. The van der Waals surface area contributed by atoms with Crippen LogP contribution in [0.5, 0.6) is 0 Å². The Morgan fingerprint density at radius 2 is 1.65 bits per heavy atom. The SMILES string of the molecule is CC(C)C(N)c1cc2cc(-c3ccccc3)ccc2o1. The van der Waals surface area contributed by atoms with Gasteiger partial charge in [0.05, 0.1) is 6.04 Å². The topological polar surface area (TPSA) is 39.2 Å². The van der Waals surface area contributed by atoms with Crippen LogP contribution in [-0.2, 0) is 0 Å². The predicted octanol–water partition coefficient (Wildman–Crippen LogP) is 4.76. The summed E-state index contributed by atoms with van der Waals surface area (Å²) in [6.45, 7) is 4.21. The second-order valence-electron chi connectivity index (χ2n) is 5.54. The van der Waals surface area contributed by atoms with Crippen LogP contribution in [0.3, 0.4) is 0 Å². The van der Waals surface area contributed by atoms with Crippen LogP contribution in [0, 0.1) is 5.92 Å². The van der Waals surface area contributed by atoms with Gasteiger partial charge in [-0.15, -0.1) is 0 Å². The van der Waals surface area contributed by atoms with Crippen LogP contribution in [0.1, 0.15) is 25.6 Å². The monoisotopic (exact) mass is 265 g/mol.